The van der Waals surface area contributed by atoms with Crippen LogP contribution in [0.1, 0.15) is 15.9 Å². The Balaban J connectivity index is 1.30. The van der Waals surface area contributed by atoms with Crippen LogP contribution in [0.4, 0.5) is 11.4 Å². The minimum absolute atomic E-state index is 0.0139. The van der Waals surface area contributed by atoms with Gasteiger partial charge in [-0.05, 0) is 67.6 Å². The number of sulfone groups is 1. The SMILES string of the molecule is Cc1ccc(S(=O)(=O)CC(=O)Nc2ccc(N3CCN(C(=O)c4ccc(Cl)cc4)CC3)cc2)cc1. The summed E-state index contributed by atoms with van der Waals surface area (Å²) in [6.45, 7) is 4.42. The van der Waals surface area contributed by atoms with Crippen LogP contribution in [0.2, 0.25) is 5.02 Å². The van der Waals surface area contributed by atoms with Gasteiger partial charge in [-0.25, -0.2) is 8.42 Å². The molecule has 0 aliphatic carbocycles. The lowest BCUT2D eigenvalue weighted by Gasteiger charge is -2.36. The smallest absolute Gasteiger partial charge is 0.253 e. The molecule has 2 amide bonds. The molecule has 182 valence electrons. The van der Waals surface area contributed by atoms with Gasteiger partial charge in [0.1, 0.15) is 5.75 Å². The van der Waals surface area contributed by atoms with Crippen LogP contribution in [-0.4, -0.2) is 57.1 Å². The van der Waals surface area contributed by atoms with Crippen molar-refractivity contribution >= 4 is 44.6 Å². The quantitative estimate of drug-likeness (QED) is 0.540. The average Bonchev–Trinajstić information content (AvgIpc) is 2.84. The number of rotatable bonds is 6. The Hall–Kier alpha value is -3.36. The van der Waals surface area contributed by atoms with Gasteiger partial charge in [0.25, 0.3) is 5.91 Å². The zero-order valence-electron chi connectivity index (χ0n) is 19.3. The predicted octanol–water partition coefficient (Wildman–Crippen LogP) is 4.02. The summed E-state index contributed by atoms with van der Waals surface area (Å²) in [6, 6.07) is 20.6. The summed E-state index contributed by atoms with van der Waals surface area (Å²) in [4.78, 5) is 29.1. The third-order valence-electron chi connectivity index (χ3n) is 5.88. The molecule has 35 heavy (non-hydrogen) atoms. The summed E-state index contributed by atoms with van der Waals surface area (Å²) in [7, 11) is -3.72. The lowest BCUT2D eigenvalue weighted by atomic mass is 10.1. The van der Waals surface area contributed by atoms with Crippen molar-refractivity contribution in [2.24, 2.45) is 0 Å². The van der Waals surface area contributed by atoms with Gasteiger partial charge in [-0.2, -0.15) is 0 Å². The molecule has 1 aliphatic heterocycles. The van der Waals surface area contributed by atoms with Gasteiger partial charge in [0.05, 0.1) is 4.90 Å². The van der Waals surface area contributed by atoms with E-state index in [0.717, 1.165) is 11.3 Å². The molecule has 0 unspecified atom stereocenters. The predicted molar refractivity (Wildman–Crippen MR) is 138 cm³/mol. The summed E-state index contributed by atoms with van der Waals surface area (Å²) in [6.07, 6.45) is 0. The van der Waals surface area contributed by atoms with E-state index < -0.39 is 21.5 Å². The van der Waals surface area contributed by atoms with E-state index in [-0.39, 0.29) is 10.8 Å². The van der Waals surface area contributed by atoms with Gasteiger partial charge in [0, 0.05) is 48.1 Å². The molecule has 9 heteroatoms. The van der Waals surface area contributed by atoms with Crippen molar-refractivity contribution < 1.29 is 18.0 Å². The van der Waals surface area contributed by atoms with Crippen LogP contribution >= 0.6 is 11.6 Å². The first kappa shape index (κ1) is 24.8. The van der Waals surface area contributed by atoms with Crippen molar-refractivity contribution in [3.8, 4) is 0 Å². The Morgan fingerprint density at radius 2 is 1.46 bits per heavy atom. The molecule has 1 saturated heterocycles. The maximum atomic E-state index is 12.7. The molecule has 4 rings (SSSR count). The van der Waals surface area contributed by atoms with Gasteiger partial charge >= 0.3 is 0 Å². The molecule has 0 aromatic heterocycles. The van der Waals surface area contributed by atoms with E-state index >= 15 is 0 Å². The normalized spacial score (nSPS) is 14.0. The number of carbonyl (C=O) groups excluding carboxylic acids is 2. The van der Waals surface area contributed by atoms with Gasteiger partial charge < -0.3 is 15.1 Å². The Morgan fingerprint density at radius 1 is 0.857 bits per heavy atom. The highest BCUT2D eigenvalue weighted by atomic mass is 35.5. The third kappa shape index (κ3) is 6.21. The number of nitrogens with one attached hydrogen (secondary N) is 1. The standard InChI is InChI=1S/C26H26ClN3O4S/c1-19-2-12-24(13-3-19)35(33,34)18-25(31)28-22-8-10-23(11-9-22)29-14-16-30(17-15-29)26(32)20-4-6-21(27)7-5-20/h2-13H,14-18H2,1H3,(H,28,31). The fraction of sp³-hybridized carbons (Fsp3) is 0.231. The number of amides is 2. The van der Waals surface area contributed by atoms with E-state index in [1.54, 1.807) is 48.5 Å². The van der Waals surface area contributed by atoms with Crippen LogP contribution in [0.5, 0.6) is 0 Å². The molecule has 1 heterocycles. The second-order valence-corrected chi connectivity index (χ2v) is 10.9. The Morgan fingerprint density at radius 3 is 2.06 bits per heavy atom. The number of aryl methyl sites for hydroxylation is 1. The molecule has 7 nitrogen and oxygen atoms in total. The van der Waals surface area contributed by atoms with E-state index in [0.29, 0.717) is 42.5 Å². The molecular formula is C26H26ClN3O4S. The van der Waals surface area contributed by atoms with Crippen LogP contribution in [0.25, 0.3) is 0 Å². The molecule has 3 aromatic carbocycles. The second-order valence-electron chi connectivity index (χ2n) is 8.45. The highest BCUT2D eigenvalue weighted by Gasteiger charge is 2.23. The second kappa shape index (κ2) is 10.5. The van der Waals surface area contributed by atoms with Crippen LogP contribution in [-0.2, 0) is 14.6 Å². The van der Waals surface area contributed by atoms with Gasteiger partial charge in [0.2, 0.25) is 5.91 Å². The molecule has 3 aromatic rings. The number of nitrogens with zero attached hydrogens (tertiary/aromatic N) is 2. The van der Waals surface area contributed by atoms with Crippen LogP contribution in [0, 0.1) is 6.92 Å². The summed E-state index contributed by atoms with van der Waals surface area (Å²) < 4.78 is 25.0. The molecule has 0 bridgehead atoms. The summed E-state index contributed by atoms with van der Waals surface area (Å²) in [5, 5.41) is 3.25. The molecule has 1 aliphatic rings. The average molecular weight is 512 g/mol. The topological polar surface area (TPSA) is 86.8 Å². The number of anilines is 2. The Bertz CT molecular complexity index is 1300. The maximum Gasteiger partial charge on any atom is 0.253 e. The zero-order chi connectivity index (χ0) is 25.0. The minimum atomic E-state index is -3.72. The highest BCUT2D eigenvalue weighted by Crippen LogP contribution is 2.21. The lowest BCUT2D eigenvalue weighted by Crippen LogP contribution is -2.48. The number of halogens is 1. The fourth-order valence-corrected chi connectivity index (χ4v) is 5.16. The third-order valence-corrected chi connectivity index (χ3v) is 7.76. The van der Waals surface area contributed by atoms with E-state index in [2.05, 4.69) is 10.2 Å². The van der Waals surface area contributed by atoms with E-state index in [4.69, 9.17) is 11.6 Å². The largest absolute Gasteiger partial charge is 0.368 e. The summed E-state index contributed by atoms with van der Waals surface area (Å²) in [5.74, 6) is -1.23. The molecule has 1 fully saturated rings. The fourth-order valence-electron chi connectivity index (χ4n) is 3.90. The maximum absolute atomic E-state index is 12.7. The molecular weight excluding hydrogens is 486 g/mol. The lowest BCUT2D eigenvalue weighted by molar-refractivity contribution is -0.113. The number of hydrogen-bond donors (Lipinski definition) is 1. The van der Waals surface area contributed by atoms with E-state index in [1.165, 1.54) is 12.1 Å². The van der Waals surface area contributed by atoms with Crippen molar-refractivity contribution in [2.75, 3.05) is 42.1 Å². The first-order valence-corrected chi connectivity index (χ1v) is 13.2. The Kier molecular flexibility index (Phi) is 7.42. The number of hydrogen-bond acceptors (Lipinski definition) is 5. The highest BCUT2D eigenvalue weighted by molar-refractivity contribution is 7.92. The summed E-state index contributed by atoms with van der Waals surface area (Å²) >= 11 is 5.90. The van der Waals surface area contributed by atoms with Gasteiger partial charge in [-0.1, -0.05) is 29.3 Å². The van der Waals surface area contributed by atoms with Gasteiger partial charge in [0.15, 0.2) is 9.84 Å². The molecule has 0 spiro atoms. The first-order valence-electron chi connectivity index (χ1n) is 11.2. The van der Waals surface area contributed by atoms with Crippen LogP contribution < -0.4 is 10.2 Å². The number of piperazine rings is 1. The molecule has 0 radical (unpaired) electrons. The van der Waals surface area contributed by atoms with Crippen molar-refractivity contribution in [1.29, 1.82) is 0 Å². The molecule has 1 N–H and O–H groups in total. The Labute approximate surface area is 210 Å². The zero-order valence-corrected chi connectivity index (χ0v) is 20.8. The van der Waals surface area contributed by atoms with Crippen molar-refractivity contribution in [2.45, 2.75) is 11.8 Å². The van der Waals surface area contributed by atoms with E-state index in [1.807, 2.05) is 24.0 Å². The minimum Gasteiger partial charge on any atom is -0.368 e. The van der Waals surface area contributed by atoms with Crippen LogP contribution in [0.3, 0.4) is 0 Å². The van der Waals surface area contributed by atoms with Crippen molar-refractivity contribution in [3.05, 3.63) is 88.9 Å². The summed E-state index contributed by atoms with van der Waals surface area (Å²) in [5.41, 5.74) is 3.05. The van der Waals surface area contributed by atoms with Gasteiger partial charge in [-0.15, -0.1) is 0 Å². The molecule has 0 saturated carbocycles. The number of benzene rings is 3. The van der Waals surface area contributed by atoms with E-state index in [9.17, 15) is 18.0 Å². The number of carbonyl (C=O) groups is 2. The van der Waals surface area contributed by atoms with Crippen molar-refractivity contribution in [3.63, 3.8) is 0 Å². The first-order chi connectivity index (χ1) is 16.7. The molecule has 0 atom stereocenters. The van der Waals surface area contributed by atoms with Crippen LogP contribution in [0.15, 0.2) is 77.7 Å². The van der Waals surface area contributed by atoms with Crippen molar-refractivity contribution in [1.82, 2.24) is 4.90 Å². The van der Waals surface area contributed by atoms with Gasteiger partial charge in [-0.3, -0.25) is 9.59 Å². The monoisotopic (exact) mass is 511 g/mol.